The van der Waals surface area contributed by atoms with Gasteiger partial charge in [-0.25, -0.2) is 8.78 Å². The first-order valence-electron chi connectivity index (χ1n) is 5.60. The van der Waals surface area contributed by atoms with Gasteiger partial charge in [0.05, 0.1) is 11.4 Å². The van der Waals surface area contributed by atoms with Gasteiger partial charge in [-0.2, -0.15) is 0 Å². The molecule has 0 aliphatic carbocycles. The third-order valence-electron chi connectivity index (χ3n) is 2.69. The largest absolute Gasteiger partial charge is 0.397 e. The van der Waals surface area contributed by atoms with Crippen LogP contribution in [0.2, 0.25) is 0 Å². The van der Waals surface area contributed by atoms with Gasteiger partial charge >= 0.3 is 0 Å². The normalized spacial score (nSPS) is 10.4. The lowest BCUT2D eigenvalue weighted by atomic mass is 10.1. The highest BCUT2D eigenvalue weighted by molar-refractivity contribution is 5.66. The quantitative estimate of drug-likeness (QED) is 0.816. The first kappa shape index (κ1) is 12.4. The Kier molecular flexibility index (Phi) is 3.46. The molecule has 0 atom stereocenters. The van der Waals surface area contributed by atoms with E-state index in [1.54, 1.807) is 0 Å². The summed E-state index contributed by atoms with van der Waals surface area (Å²) in [6.45, 7) is 2.21. The molecular formula is C14H14F2N2. The molecule has 3 N–H and O–H groups in total. The first-order valence-corrected chi connectivity index (χ1v) is 5.60. The molecule has 2 nitrogen and oxygen atoms in total. The van der Waals surface area contributed by atoms with E-state index in [1.165, 1.54) is 12.1 Å². The Morgan fingerprint density at radius 2 is 1.89 bits per heavy atom. The fourth-order valence-electron chi connectivity index (χ4n) is 1.70. The minimum atomic E-state index is -0.578. The number of halogens is 2. The highest BCUT2D eigenvalue weighted by atomic mass is 19.1. The van der Waals surface area contributed by atoms with Gasteiger partial charge in [0.2, 0.25) is 0 Å². The van der Waals surface area contributed by atoms with Crippen LogP contribution in [0.3, 0.4) is 0 Å². The smallest absolute Gasteiger partial charge is 0.131 e. The average Bonchev–Trinajstić information content (AvgIpc) is 2.30. The maximum atomic E-state index is 13.4. The van der Waals surface area contributed by atoms with Crippen molar-refractivity contribution in [2.24, 2.45) is 0 Å². The lowest BCUT2D eigenvalue weighted by molar-refractivity contribution is 0.574. The molecule has 0 aliphatic rings. The van der Waals surface area contributed by atoms with Gasteiger partial charge in [-0.3, -0.25) is 0 Å². The molecule has 0 saturated heterocycles. The molecule has 0 aromatic heterocycles. The van der Waals surface area contributed by atoms with Crippen molar-refractivity contribution in [3.63, 3.8) is 0 Å². The van der Waals surface area contributed by atoms with Crippen molar-refractivity contribution in [3.05, 3.63) is 59.2 Å². The van der Waals surface area contributed by atoms with Crippen LogP contribution in [0.15, 0.2) is 36.4 Å². The molecule has 0 bridgehead atoms. The molecule has 0 unspecified atom stereocenters. The SMILES string of the molecule is Cc1ccc(NCc2ccc(F)cc2F)c(N)c1. The minimum Gasteiger partial charge on any atom is -0.397 e. The third kappa shape index (κ3) is 2.77. The zero-order valence-corrected chi connectivity index (χ0v) is 10.0. The monoisotopic (exact) mass is 248 g/mol. The van der Waals surface area contributed by atoms with E-state index < -0.39 is 11.6 Å². The Bertz CT molecular complexity index is 516. The molecule has 0 aliphatic heterocycles. The zero-order valence-electron chi connectivity index (χ0n) is 10.0. The summed E-state index contributed by atoms with van der Waals surface area (Å²) in [6, 6.07) is 9.12. The summed E-state index contributed by atoms with van der Waals surface area (Å²) in [4.78, 5) is 0. The minimum absolute atomic E-state index is 0.263. The summed E-state index contributed by atoms with van der Waals surface area (Å²) in [5.74, 6) is -1.14. The molecule has 0 spiro atoms. The van der Waals surface area contributed by atoms with E-state index in [1.807, 2.05) is 25.1 Å². The fraction of sp³-hybridized carbons (Fsp3) is 0.143. The van der Waals surface area contributed by atoms with Crippen molar-refractivity contribution in [1.82, 2.24) is 0 Å². The van der Waals surface area contributed by atoms with Gasteiger partial charge in [-0.05, 0) is 30.7 Å². The fourth-order valence-corrected chi connectivity index (χ4v) is 1.70. The van der Waals surface area contributed by atoms with E-state index >= 15 is 0 Å². The van der Waals surface area contributed by atoms with E-state index in [9.17, 15) is 8.78 Å². The predicted molar refractivity (Wildman–Crippen MR) is 69.3 cm³/mol. The van der Waals surface area contributed by atoms with Crippen molar-refractivity contribution in [2.75, 3.05) is 11.1 Å². The second kappa shape index (κ2) is 5.04. The molecule has 18 heavy (non-hydrogen) atoms. The van der Waals surface area contributed by atoms with Crippen LogP contribution in [0.5, 0.6) is 0 Å². The third-order valence-corrected chi connectivity index (χ3v) is 2.69. The maximum absolute atomic E-state index is 13.4. The molecule has 0 saturated carbocycles. The van der Waals surface area contributed by atoms with Crippen molar-refractivity contribution < 1.29 is 8.78 Å². The average molecular weight is 248 g/mol. The van der Waals surface area contributed by atoms with Crippen LogP contribution in [0.4, 0.5) is 20.2 Å². The summed E-state index contributed by atoms with van der Waals surface area (Å²) in [5, 5.41) is 3.03. The van der Waals surface area contributed by atoms with Gasteiger partial charge in [0.25, 0.3) is 0 Å². The van der Waals surface area contributed by atoms with E-state index in [-0.39, 0.29) is 6.54 Å². The Balaban J connectivity index is 2.11. The topological polar surface area (TPSA) is 38.0 Å². The van der Waals surface area contributed by atoms with E-state index in [4.69, 9.17) is 5.73 Å². The number of hydrogen-bond donors (Lipinski definition) is 2. The number of anilines is 2. The van der Waals surface area contributed by atoms with Gasteiger partial charge in [-0.15, -0.1) is 0 Å². The van der Waals surface area contributed by atoms with Crippen LogP contribution in [0, 0.1) is 18.6 Å². The predicted octanol–water partition coefficient (Wildman–Crippen LogP) is 3.47. The van der Waals surface area contributed by atoms with E-state index in [0.29, 0.717) is 11.3 Å². The molecule has 0 heterocycles. The number of hydrogen-bond acceptors (Lipinski definition) is 2. The molecule has 4 heteroatoms. The number of nitrogen functional groups attached to an aromatic ring is 1. The van der Waals surface area contributed by atoms with Gasteiger partial charge in [0.1, 0.15) is 11.6 Å². The summed E-state index contributed by atoms with van der Waals surface area (Å²) in [7, 11) is 0. The second-order valence-corrected chi connectivity index (χ2v) is 4.18. The number of rotatable bonds is 3. The standard InChI is InChI=1S/C14H14F2N2/c1-9-2-5-14(13(17)6-9)18-8-10-3-4-11(15)7-12(10)16/h2-7,18H,8,17H2,1H3. The van der Waals surface area contributed by atoms with Crippen molar-refractivity contribution in [3.8, 4) is 0 Å². The highest BCUT2D eigenvalue weighted by Gasteiger charge is 2.04. The van der Waals surface area contributed by atoms with Crippen LogP contribution in [-0.4, -0.2) is 0 Å². The number of nitrogens with two attached hydrogens (primary N) is 1. The Hall–Kier alpha value is -2.10. The van der Waals surface area contributed by atoms with Gasteiger partial charge in [0, 0.05) is 18.2 Å². The summed E-state index contributed by atoms with van der Waals surface area (Å²) < 4.78 is 26.1. The van der Waals surface area contributed by atoms with Crippen molar-refractivity contribution in [1.29, 1.82) is 0 Å². The first-order chi connectivity index (χ1) is 8.56. The summed E-state index contributed by atoms with van der Waals surface area (Å²) in [6.07, 6.45) is 0. The van der Waals surface area contributed by atoms with Crippen LogP contribution in [0.25, 0.3) is 0 Å². The van der Waals surface area contributed by atoms with Crippen molar-refractivity contribution in [2.45, 2.75) is 13.5 Å². The summed E-state index contributed by atoms with van der Waals surface area (Å²) >= 11 is 0. The number of benzene rings is 2. The second-order valence-electron chi connectivity index (χ2n) is 4.18. The lowest BCUT2D eigenvalue weighted by Crippen LogP contribution is -2.04. The van der Waals surface area contributed by atoms with E-state index in [0.717, 1.165) is 17.3 Å². The molecular weight excluding hydrogens is 234 g/mol. The zero-order chi connectivity index (χ0) is 13.1. The Labute approximate surface area is 104 Å². The highest BCUT2D eigenvalue weighted by Crippen LogP contribution is 2.20. The molecule has 2 rings (SSSR count). The lowest BCUT2D eigenvalue weighted by Gasteiger charge is -2.10. The summed E-state index contributed by atoms with van der Waals surface area (Å²) in [5.41, 5.74) is 8.64. The molecule has 2 aromatic carbocycles. The molecule has 0 radical (unpaired) electrons. The molecule has 2 aromatic rings. The van der Waals surface area contributed by atoms with E-state index in [2.05, 4.69) is 5.32 Å². The van der Waals surface area contributed by atoms with Gasteiger partial charge in [-0.1, -0.05) is 12.1 Å². The molecule has 94 valence electrons. The molecule has 0 fully saturated rings. The van der Waals surface area contributed by atoms with Crippen LogP contribution in [0.1, 0.15) is 11.1 Å². The van der Waals surface area contributed by atoms with Crippen molar-refractivity contribution >= 4 is 11.4 Å². The van der Waals surface area contributed by atoms with Crippen LogP contribution in [-0.2, 0) is 6.54 Å². The van der Waals surface area contributed by atoms with Crippen LogP contribution >= 0.6 is 0 Å². The Morgan fingerprint density at radius 1 is 1.11 bits per heavy atom. The number of aryl methyl sites for hydroxylation is 1. The maximum Gasteiger partial charge on any atom is 0.131 e. The van der Waals surface area contributed by atoms with Crippen LogP contribution < -0.4 is 11.1 Å². The number of nitrogens with one attached hydrogen (secondary N) is 1. The van der Waals surface area contributed by atoms with Gasteiger partial charge < -0.3 is 11.1 Å². The molecule has 0 amide bonds. The van der Waals surface area contributed by atoms with Gasteiger partial charge in [0.15, 0.2) is 0 Å². The Morgan fingerprint density at radius 3 is 2.56 bits per heavy atom.